The fraction of sp³-hybridized carbons (Fsp3) is 0.381. The van der Waals surface area contributed by atoms with Crippen LogP contribution in [0.3, 0.4) is 0 Å². The summed E-state index contributed by atoms with van der Waals surface area (Å²) in [5.74, 6) is 1.42. The van der Waals surface area contributed by atoms with Crippen molar-refractivity contribution in [1.29, 1.82) is 0 Å². The standard InChI is InChI=1S/C21H24N2O5/c24-18(16-4-2-1-3-5-16)11-17-13-26-9-8-23(17)21(25)22-12-15-6-7-19-20(10-15)28-14-27-19/h1-7,10,17-18,24H,8-9,11-14H2,(H,22,25)/t17-,18-/m1/s1. The first kappa shape index (κ1) is 18.6. The number of nitrogens with zero attached hydrogens (tertiary/aromatic N) is 1. The molecule has 2 atom stereocenters. The van der Waals surface area contributed by atoms with Crippen LogP contribution in [0.5, 0.6) is 11.5 Å². The van der Waals surface area contributed by atoms with Gasteiger partial charge < -0.3 is 29.5 Å². The third kappa shape index (κ3) is 4.21. The first-order chi connectivity index (χ1) is 13.7. The molecular formula is C21H24N2O5. The lowest BCUT2D eigenvalue weighted by Gasteiger charge is -2.36. The van der Waals surface area contributed by atoms with Crippen LogP contribution in [-0.4, -0.2) is 48.6 Å². The third-order valence-electron chi connectivity index (χ3n) is 5.05. The van der Waals surface area contributed by atoms with Crippen LogP contribution in [-0.2, 0) is 11.3 Å². The van der Waals surface area contributed by atoms with Gasteiger partial charge in [-0.05, 0) is 23.3 Å². The number of urea groups is 1. The topological polar surface area (TPSA) is 80.3 Å². The molecule has 2 aromatic rings. The number of benzene rings is 2. The van der Waals surface area contributed by atoms with E-state index in [2.05, 4.69) is 5.32 Å². The summed E-state index contributed by atoms with van der Waals surface area (Å²) in [6.45, 7) is 2.03. The van der Waals surface area contributed by atoms with Crippen LogP contribution in [0.15, 0.2) is 48.5 Å². The maximum absolute atomic E-state index is 12.8. The highest BCUT2D eigenvalue weighted by Crippen LogP contribution is 2.32. The number of amides is 2. The Morgan fingerprint density at radius 2 is 2.00 bits per heavy atom. The average molecular weight is 384 g/mol. The molecule has 2 N–H and O–H groups in total. The zero-order valence-corrected chi connectivity index (χ0v) is 15.5. The normalized spacial score (nSPS) is 19.3. The van der Waals surface area contributed by atoms with E-state index in [0.717, 1.165) is 16.9 Å². The number of hydrogen-bond acceptors (Lipinski definition) is 5. The lowest BCUT2D eigenvalue weighted by Crippen LogP contribution is -2.52. The molecule has 2 heterocycles. The second kappa shape index (κ2) is 8.50. The summed E-state index contributed by atoms with van der Waals surface area (Å²) < 4.78 is 16.2. The van der Waals surface area contributed by atoms with E-state index in [0.29, 0.717) is 38.5 Å². The predicted octanol–water partition coefficient (Wildman–Crippen LogP) is 2.45. The zero-order chi connectivity index (χ0) is 19.3. The first-order valence-electron chi connectivity index (χ1n) is 9.44. The van der Waals surface area contributed by atoms with E-state index in [-0.39, 0.29) is 18.9 Å². The Labute approximate surface area is 163 Å². The molecule has 0 aromatic heterocycles. The van der Waals surface area contributed by atoms with E-state index >= 15 is 0 Å². The van der Waals surface area contributed by atoms with Gasteiger partial charge in [-0.3, -0.25) is 0 Å². The Hall–Kier alpha value is -2.77. The molecule has 1 saturated heterocycles. The molecule has 0 bridgehead atoms. The molecule has 2 aliphatic rings. The molecule has 7 nitrogen and oxygen atoms in total. The van der Waals surface area contributed by atoms with Crippen molar-refractivity contribution in [2.24, 2.45) is 0 Å². The molecule has 0 aliphatic carbocycles. The van der Waals surface area contributed by atoms with Gasteiger partial charge in [0.1, 0.15) is 0 Å². The molecule has 7 heteroatoms. The summed E-state index contributed by atoms with van der Waals surface area (Å²) >= 11 is 0. The van der Waals surface area contributed by atoms with Crippen LogP contribution >= 0.6 is 0 Å². The van der Waals surface area contributed by atoms with Gasteiger partial charge in [-0.1, -0.05) is 36.4 Å². The molecule has 0 spiro atoms. The first-order valence-corrected chi connectivity index (χ1v) is 9.44. The molecule has 2 amide bonds. The number of carbonyl (C=O) groups excluding carboxylic acids is 1. The van der Waals surface area contributed by atoms with Crippen molar-refractivity contribution in [1.82, 2.24) is 10.2 Å². The Morgan fingerprint density at radius 1 is 1.18 bits per heavy atom. The fourth-order valence-corrected chi connectivity index (χ4v) is 3.52. The number of aliphatic hydroxyl groups is 1. The second-order valence-electron chi connectivity index (χ2n) is 6.93. The largest absolute Gasteiger partial charge is 0.454 e. The van der Waals surface area contributed by atoms with Crippen molar-refractivity contribution >= 4 is 6.03 Å². The Kier molecular flexibility index (Phi) is 5.64. The molecule has 0 radical (unpaired) electrons. The summed E-state index contributed by atoms with van der Waals surface area (Å²) in [7, 11) is 0. The van der Waals surface area contributed by atoms with Gasteiger partial charge >= 0.3 is 6.03 Å². The van der Waals surface area contributed by atoms with Crippen LogP contribution < -0.4 is 14.8 Å². The smallest absolute Gasteiger partial charge is 0.318 e. The van der Waals surface area contributed by atoms with Gasteiger partial charge in [0.05, 0.1) is 25.4 Å². The van der Waals surface area contributed by atoms with Gasteiger partial charge in [-0.15, -0.1) is 0 Å². The Morgan fingerprint density at radius 3 is 2.86 bits per heavy atom. The van der Waals surface area contributed by atoms with Crippen LogP contribution in [0.4, 0.5) is 4.79 Å². The lowest BCUT2D eigenvalue weighted by atomic mass is 10.0. The Bertz CT molecular complexity index is 814. The zero-order valence-electron chi connectivity index (χ0n) is 15.5. The minimum Gasteiger partial charge on any atom is -0.454 e. The van der Waals surface area contributed by atoms with E-state index in [1.165, 1.54) is 0 Å². The minimum atomic E-state index is -0.642. The summed E-state index contributed by atoms with van der Waals surface area (Å²) in [6, 6.07) is 14.8. The molecular weight excluding hydrogens is 360 g/mol. The predicted molar refractivity (Wildman–Crippen MR) is 102 cm³/mol. The SMILES string of the molecule is O=C(NCc1ccc2c(c1)OCO2)N1CCOC[C@H]1C[C@@H](O)c1ccccc1. The number of fused-ring (bicyclic) bond motifs is 1. The highest BCUT2D eigenvalue weighted by atomic mass is 16.7. The van der Waals surface area contributed by atoms with Crippen molar-refractivity contribution in [2.75, 3.05) is 26.6 Å². The number of nitrogens with one attached hydrogen (secondary N) is 1. The Balaban J connectivity index is 1.36. The van der Waals surface area contributed by atoms with Crippen molar-refractivity contribution in [3.8, 4) is 11.5 Å². The van der Waals surface area contributed by atoms with Crippen molar-refractivity contribution in [3.05, 3.63) is 59.7 Å². The third-order valence-corrected chi connectivity index (χ3v) is 5.05. The number of aliphatic hydroxyl groups excluding tert-OH is 1. The molecule has 0 saturated carbocycles. The molecule has 148 valence electrons. The molecule has 4 rings (SSSR count). The van der Waals surface area contributed by atoms with Gasteiger partial charge in [0.2, 0.25) is 6.79 Å². The van der Waals surface area contributed by atoms with Crippen molar-refractivity contribution < 1.29 is 24.1 Å². The summed E-state index contributed by atoms with van der Waals surface area (Å²) in [5.41, 5.74) is 1.78. The number of rotatable bonds is 5. The fourth-order valence-electron chi connectivity index (χ4n) is 3.52. The monoisotopic (exact) mass is 384 g/mol. The lowest BCUT2D eigenvalue weighted by molar-refractivity contribution is -0.00698. The van der Waals surface area contributed by atoms with Crippen molar-refractivity contribution in [3.63, 3.8) is 0 Å². The summed E-state index contributed by atoms with van der Waals surface area (Å²) in [6.07, 6.45) is -0.210. The molecule has 2 aromatic carbocycles. The van der Waals surface area contributed by atoms with Gasteiger partial charge in [-0.2, -0.15) is 0 Å². The van der Waals surface area contributed by atoms with Gasteiger partial charge in [0.15, 0.2) is 11.5 Å². The average Bonchev–Trinajstić information content (AvgIpc) is 3.21. The van der Waals surface area contributed by atoms with E-state index in [4.69, 9.17) is 14.2 Å². The van der Waals surface area contributed by atoms with Crippen LogP contribution in [0.1, 0.15) is 23.7 Å². The number of hydrogen-bond donors (Lipinski definition) is 2. The van der Waals surface area contributed by atoms with Crippen LogP contribution in [0, 0.1) is 0 Å². The molecule has 2 aliphatic heterocycles. The van der Waals surface area contributed by atoms with E-state index in [9.17, 15) is 9.90 Å². The highest BCUT2D eigenvalue weighted by Gasteiger charge is 2.29. The molecule has 1 fully saturated rings. The van der Waals surface area contributed by atoms with Gasteiger partial charge in [-0.25, -0.2) is 4.79 Å². The van der Waals surface area contributed by atoms with E-state index in [1.807, 2.05) is 48.5 Å². The summed E-state index contributed by atoms with van der Waals surface area (Å²) in [4.78, 5) is 14.5. The minimum absolute atomic E-state index is 0.161. The van der Waals surface area contributed by atoms with Gasteiger partial charge in [0.25, 0.3) is 0 Å². The van der Waals surface area contributed by atoms with Crippen LogP contribution in [0.25, 0.3) is 0 Å². The van der Waals surface area contributed by atoms with Crippen LogP contribution in [0.2, 0.25) is 0 Å². The quantitative estimate of drug-likeness (QED) is 0.828. The van der Waals surface area contributed by atoms with Gasteiger partial charge in [0, 0.05) is 19.5 Å². The van der Waals surface area contributed by atoms with Crippen molar-refractivity contribution in [2.45, 2.75) is 25.1 Å². The number of carbonyl (C=O) groups is 1. The summed E-state index contributed by atoms with van der Waals surface area (Å²) in [5, 5.41) is 13.5. The maximum Gasteiger partial charge on any atom is 0.318 e. The molecule has 28 heavy (non-hydrogen) atoms. The van der Waals surface area contributed by atoms with E-state index < -0.39 is 6.10 Å². The number of morpholine rings is 1. The highest BCUT2D eigenvalue weighted by molar-refractivity contribution is 5.74. The maximum atomic E-state index is 12.8. The van der Waals surface area contributed by atoms with E-state index in [1.54, 1.807) is 4.90 Å². The molecule has 0 unspecified atom stereocenters. The number of ether oxygens (including phenoxy) is 3. The second-order valence-corrected chi connectivity index (χ2v) is 6.93.